The van der Waals surface area contributed by atoms with Gasteiger partial charge in [0.05, 0.1) is 12.7 Å². The maximum atomic E-state index is 9.86. The van der Waals surface area contributed by atoms with E-state index in [0.717, 1.165) is 19.6 Å². The van der Waals surface area contributed by atoms with Crippen LogP contribution in [-0.2, 0) is 24.1 Å². The maximum absolute atomic E-state index is 9.86. The van der Waals surface area contributed by atoms with Crippen LogP contribution in [0.2, 0.25) is 0 Å². The number of thiophene rings is 1. The van der Waals surface area contributed by atoms with Crippen LogP contribution in [0.3, 0.4) is 0 Å². The molecule has 0 saturated carbocycles. The second-order valence-corrected chi connectivity index (χ2v) is 7.16. The highest BCUT2D eigenvalue weighted by atomic mass is 32.1. The van der Waals surface area contributed by atoms with Crippen LogP contribution >= 0.6 is 11.3 Å². The molecule has 120 valence electrons. The van der Waals surface area contributed by atoms with Crippen LogP contribution in [0.25, 0.3) is 0 Å². The maximum Gasteiger partial charge on any atom is 0.0897 e. The van der Waals surface area contributed by atoms with Gasteiger partial charge >= 0.3 is 0 Å². The number of rotatable bonds is 11. The summed E-state index contributed by atoms with van der Waals surface area (Å²) in [7, 11) is 0. The summed E-state index contributed by atoms with van der Waals surface area (Å²) in [5.74, 6) is 0. The lowest BCUT2D eigenvalue weighted by molar-refractivity contribution is 0.0353. The summed E-state index contributed by atoms with van der Waals surface area (Å²) in [6.45, 7) is 4.90. The SMILES string of the molecule is CCCCCCOCC(O)CNCc1cc2c(s1)CCC2. The molecule has 1 unspecified atom stereocenters. The third-order valence-corrected chi connectivity index (χ3v) is 5.17. The van der Waals surface area contributed by atoms with E-state index in [9.17, 15) is 5.11 Å². The molecule has 1 aliphatic carbocycles. The van der Waals surface area contributed by atoms with Crippen molar-refractivity contribution in [3.8, 4) is 0 Å². The molecule has 0 aromatic carbocycles. The molecule has 3 nitrogen and oxygen atoms in total. The van der Waals surface area contributed by atoms with Crippen molar-refractivity contribution in [2.75, 3.05) is 19.8 Å². The zero-order valence-corrected chi connectivity index (χ0v) is 14.0. The van der Waals surface area contributed by atoms with Gasteiger partial charge in [0.15, 0.2) is 0 Å². The number of hydrogen-bond donors (Lipinski definition) is 2. The normalized spacial score (nSPS) is 15.3. The monoisotopic (exact) mass is 311 g/mol. The quantitative estimate of drug-likeness (QED) is 0.616. The minimum atomic E-state index is -0.400. The molecule has 0 amide bonds. The molecule has 0 spiro atoms. The van der Waals surface area contributed by atoms with E-state index in [0.29, 0.717) is 13.2 Å². The summed E-state index contributed by atoms with van der Waals surface area (Å²) in [5.41, 5.74) is 1.55. The van der Waals surface area contributed by atoms with Crippen molar-refractivity contribution in [2.24, 2.45) is 0 Å². The fraction of sp³-hybridized carbons (Fsp3) is 0.765. The number of hydrogen-bond acceptors (Lipinski definition) is 4. The predicted octanol–water partition coefficient (Wildman–Crippen LogP) is 3.28. The molecule has 1 atom stereocenters. The summed E-state index contributed by atoms with van der Waals surface area (Å²) in [6.07, 6.45) is 8.29. The minimum Gasteiger partial charge on any atom is -0.389 e. The number of aliphatic hydroxyl groups excluding tert-OH is 1. The number of aryl methyl sites for hydroxylation is 2. The van der Waals surface area contributed by atoms with Gasteiger partial charge in [0.25, 0.3) is 0 Å². The van der Waals surface area contributed by atoms with Crippen LogP contribution in [0.1, 0.15) is 54.3 Å². The van der Waals surface area contributed by atoms with Crippen molar-refractivity contribution in [1.82, 2.24) is 5.32 Å². The Bertz CT molecular complexity index is 384. The zero-order valence-electron chi connectivity index (χ0n) is 13.2. The molecule has 1 heterocycles. The summed E-state index contributed by atoms with van der Waals surface area (Å²) in [4.78, 5) is 2.97. The average Bonchev–Trinajstić information content (AvgIpc) is 3.04. The van der Waals surface area contributed by atoms with E-state index in [1.807, 2.05) is 11.3 Å². The molecule has 0 saturated heterocycles. The van der Waals surface area contributed by atoms with E-state index in [2.05, 4.69) is 18.3 Å². The molecule has 0 radical (unpaired) electrons. The van der Waals surface area contributed by atoms with Crippen molar-refractivity contribution in [2.45, 2.75) is 64.5 Å². The molecule has 1 aromatic heterocycles. The van der Waals surface area contributed by atoms with Gasteiger partial charge in [-0.3, -0.25) is 0 Å². The Balaban J connectivity index is 1.49. The van der Waals surface area contributed by atoms with Crippen LogP contribution in [-0.4, -0.2) is 31.0 Å². The zero-order chi connectivity index (χ0) is 14.9. The third kappa shape index (κ3) is 6.07. The molecule has 2 N–H and O–H groups in total. The van der Waals surface area contributed by atoms with E-state index in [1.54, 1.807) is 10.4 Å². The summed E-state index contributed by atoms with van der Waals surface area (Å²) < 4.78 is 5.51. The first-order valence-corrected chi connectivity index (χ1v) is 9.18. The predicted molar refractivity (Wildman–Crippen MR) is 89.0 cm³/mol. The molecule has 1 aromatic rings. The Morgan fingerprint density at radius 1 is 1.33 bits per heavy atom. The molecule has 0 fully saturated rings. The van der Waals surface area contributed by atoms with Gasteiger partial charge in [-0.15, -0.1) is 11.3 Å². The van der Waals surface area contributed by atoms with E-state index in [4.69, 9.17) is 4.74 Å². The van der Waals surface area contributed by atoms with Gasteiger partial charge in [0.2, 0.25) is 0 Å². The van der Waals surface area contributed by atoms with Gasteiger partial charge in [-0.05, 0) is 37.3 Å². The molecule has 2 rings (SSSR count). The van der Waals surface area contributed by atoms with Gasteiger partial charge in [-0.2, -0.15) is 0 Å². The molecule has 21 heavy (non-hydrogen) atoms. The van der Waals surface area contributed by atoms with Crippen molar-refractivity contribution >= 4 is 11.3 Å². The highest BCUT2D eigenvalue weighted by Gasteiger charge is 2.14. The number of nitrogens with one attached hydrogen (secondary N) is 1. The van der Waals surface area contributed by atoms with Crippen LogP contribution in [0, 0.1) is 0 Å². The standard InChI is InChI=1S/C17H29NO2S/c1-2-3-4-5-9-20-13-15(19)11-18-12-16-10-14-7-6-8-17(14)21-16/h10,15,18-19H,2-9,11-13H2,1H3. The average molecular weight is 311 g/mol. The number of fused-ring (bicyclic) bond motifs is 1. The van der Waals surface area contributed by atoms with Gasteiger partial charge < -0.3 is 15.2 Å². The second-order valence-electron chi connectivity index (χ2n) is 5.93. The van der Waals surface area contributed by atoms with Crippen molar-refractivity contribution in [3.05, 3.63) is 21.4 Å². The summed E-state index contributed by atoms with van der Waals surface area (Å²) in [5, 5.41) is 13.2. The molecule has 0 bridgehead atoms. The number of unbranched alkanes of at least 4 members (excludes halogenated alkanes) is 3. The Hall–Kier alpha value is -0.420. The van der Waals surface area contributed by atoms with Gasteiger partial charge in [-0.1, -0.05) is 26.2 Å². The molecular weight excluding hydrogens is 282 g/mol. The molecule has 4 heteroatoms. The van der Waals surface area contributed by atoms with Gasteiger partial charge in [-0.25, -0.2) is 0 Å². The van der Waals surface area contributed by atoms with Gasteiger partial charge in [0, 0.05) is 29.5 Å². The Morgan fingerprint density at radius 2 is 2.24 bits per heavy atom. The Morgan fingerprint density at radius 3 is 3.05 bits per heavy atom. The third-order valence-electron chi connectivity index (χ3n) is 3.93. The van der Waals surface area contributed by atoms with Crippen LogP contribution < -0.4 is 5.32 Å². The van der Waals surface area contributed by atoms with Gasteiger partial charge in [0.1, 0.15) is 0 Å². The lowest BCUT2D eigenvalue weighted by Gasteiger charge is -2.12. The van der Waals surface area contributed by atoms with E-state index in [1.165, 1.54) is 43.4 Å². The van der Waals surface area contributed by atoms with Crippen LogP contribution in [0.4, 0.5) is 0 Å². The summed E-state index contributed by atoms with van der Waals surface area (Å²) >= 11 is 1.93. The Labute approximate surface area is 132 Å². The number of ether oxygens (including phenoxy) is 1. The fourth-order valence-corrected chi connectivity index (χ4v) is 3.98. The van der Waals surface area contributed by atoms with Crippen molar-refractivity contribution in [3.63, 3.8) is 0 Å². The smallest absolute Gasteiger partial charge is 0.0897 e. The first-order valence-electron chi connectivity index (χ1n) is 8.36. The van der Waals surface area contributed by atoms with E-state index < -0.39 is 6.10 Å². The fourth-order valence-electron chi connectivity index (χ4n) is 2.75. The lowest BCUT2D eigenvalue weighted by Crippen LogP contribution is -2.30. The molecule has 1 aliphatic rings. The number of aliphatic hydroxyl groups is 1. The topological polar surface area (TPSA) is 41.5 Å². The van der Waals surface area contributed by atoms with Crippen molar-refractivity contribution in [1.29, 1.82) is 0 Å². The second kappa shape index (κ2) is 9.57. The minimum absolute atomic E-state index is 0.400. The van der Waals surface area contributed by atoms with E-state index >= 15 is 0 Å². The first-order chi connectivity index (χ1) is 10.3. The highest BCUT2D eigenvalue weighted by molar-refractivity contribution is 7.12. The summed E-state index contributed by atoms with van der Waals surface area (Å²) in [6, 6.07) is 2.33. The molecule has 0 aliphatic heterocycles. The Kier molecular flexibility index (Phi) is 7.72. The lowest BCUT2D eigenvalue weighted by atomic mass is 10.2. The van der Waals surface area contributed by atoms with E-state index in [-0.39, 0.29) is 0 Å². The largest absolute Gasteiger partial charge is 0.389 e. The van der Waals surface area contributed by atoms with Crippen molar-refractivity contribution < 1.29 is 9.84 Å². The highest BCUT2D eigenvalue weighted by Crippen LogP contribution is 2.30. The molecular formula is C17H29NO2S. The van der Waals surface area contributed by atoms with Crippen LogP contribution in [0.5, 0.6) is 0 Å². The first kappa shape index (κ1) is 16.9. The van der Waals surface area contributed by atoms with Crippen LogP contribution in [0.15, 0.2) is 6.07 Å².